The number of halogens is 3. The van der Waals surface area contributed by atoms with Gasteiger partial charge in [0.2, 0.25) is 0 Å². The third kappa shape index (κ3) is 4.50. The van der Waals surface area contributed by atoms with E-state index in [0.29, 0.717) is 22.8 Å². The summed E-state index contributed by atoms with van der Waals surface area (Å²) >= 11 is 6.37. The summed E-state index contributed by atoms with van der Waals surface area (Å²) in [6.07, 6.45) is 6.59. The first-order valence-corrected chi connectivity index (χ1v) is 10.3. The highest BCUT2D eigenvalue weighted by atomic mass is 35.5. The molecule has 0 spiro atoms. The number of hydrogen-bond acceptors (Lipinski definition) is 4. The Bertz CT molecular complexity index is 977. The molecular formula is C21H25ClF2N4O. The zero-order valence-corrected chi connectivity index (χ0v) is 17.6. The van der Waals surface area contributed by atoms with E-state index in [0.717, 1.165) is 43.6 Å². The van der Waals surface area contributed by atoms with Gasteiger partial charge in [-0.3, -0.25) is 0 Å². The molecule has 2 aromatic heterocycles. The Morgan fingerprint density at radius 1 is 1.17 bits per heavy atom. The molecule has 0 aliphatic heterocycles. The van der Waals surface area contributed by atoms with Crippen molar-refractivity contribution in [2.75, 3.05) is 0 Å². The van der Waals surface area contributed by atoms with E-state index >= 15 is 0 Å². The van der Waals surface area contributed by atoms with Crippen molar-refractivity contribution in [2.45, 2.75) is 65.5 Å². The fourth-order valence-corrected chi connectivity index (χ4v) is 3.86. The summed E-state index contributed by atoms with van der Waals surface area (Å²) < 4.78 is 31.6. The summed E-state index contributed by atoms with van der Waals surface area (Å²) in [5.74, 6) is 0.961. The summed E-state index contributed by atoms with van der Waals surface area (Å²) in [5.41, 5.74) is 2.64. The van der Waals surface area contributed by atoms with Gasteiger partial charge < -0.3 is 9.30 Å². The maximum absolute atomic E-state index is 12.5. The number of benzene rings is 1. The lowest BCUT2D eigenvalue weighted by molar-refractivity contribution is -0.0498. The molecule has 0 amide bonds. The van der Waals surface area contributed by atoms with Crippen molar-refractivity contribution >= 4 is 22.8 Å². The molecule has 2 heterocycles. The Hall–Kier alpha value is -2.28. The predicted octanol–water partition coefficient (Wildman–Crippen LogP) is 6.45. The zero-order chi connectivity index (χ0) is 21.0. The second-order valence-corrected chi connectivity index (χ2v) is 7.28. The lowest BCUT2D eigenvalue weighted by atomic mass is 10.1. The van der Waals surface area contributed by atoms with Crippen LogP contribution in [0.5, 0.6) is 5.75 Å². The number of nitrogens with zero attached hydrogens (tertiary/aromatic N) is 4. The summed E-state index contributed by atoms with van der Waals surface area (Å²) in [4.78, 5) is 13.8. The fraction of sp³-hybridized carbons (Fsp3) is 0.476. The van der Waals surface area contributed by atoms with Gasteiger partial charge in [-0.2, -0.15) is 8.78 Å². The summed E-state index contributed by atoms with van der Waals surface area (Å²) in [6, 6.07) is 4.76. The first kappa shape index (κ1) is 21.4. The first-order chi connectivity index (χ1) is 14.0. The molecule has 0 N–H and O–H groups in total. The maximum Gasteiger partial charge on any atom is 0.387 e. The number of rotatable bonds is 9. The molecule has 0 aliphatic carbocycles. The largest absolute Gasteiger partial charge is 0.435 e. The van der Waals surface area contributed by atoms with Crippen LogP contribution < -0.4 is 4.74 Å². The smallest absolute Gasteiger partial charge is 0.387 e. The van der Waals surface area contributed by atoms with Crippen molar-refractivity contribution in [1.82, 2.24) is 19.5 Å². The molecule has 0 bridgehead atoms. The van der Waals surface area contributed by atoms with E-state index in [-0.39, 0.29) is 10.8 Å². The highest BCUT2D eigenvalue weighted by Crippen LogP contribution is 2.35. The summed E-state index contributed by atoms with van der Waals surface area (Å²) in [7, 11) is 0. The quantitative estimate of drug-likeness (QED) is 0.397. The van der Waals surface area contributed by atoms with Gasteiger partial charge in [0.05, 0.1) is 5.02 Å². The standard InChI is InChI=1S/C21H25ClF2N4O/c1-4-7-8-13(5-2)28-17(6-3)27-19-18(25-12-26-20(19)28)15-10-9-14(11-16(15)22)29-21(23)24/h9-13,21H,4-8H2,1-3H3. The van der Waals surface area contributed by atoms with Gasteiger partial charge in [0.25, 0.3) is 0 Å². The second-order valence-electron chi connectivity index (χ2n) is 6.87. The van der Waals surface area contributed by atoms with Crippen molar-refractivity contribution < 1.29 is 13.5 Å². The molecular weight excluding hydrogens is 398 g/mol. The number of imidazole rings is 1. The van der Waals surface area contributed by atoms with E-state index in [1.54, 1.807) is 6.07 Å². The van der Waals surface area contributed by atoms with Gasteiger partial charge in [0, 0.05) is 18.0 Å². The number of aromatic nitrogens is 4. The molecule has 1 aromatic carbocycles. The SMILES string of the molecule is CCCCC(CC)n1c(CC)nc2c(-c3ccc(OC(F)F)cc3Cl)ncnc21. The predicted molar refractivity (Wildman–Crippen MR) is 111 cm³/mol. The number of hydrogen-bond donors (Lipinski definition) is 0. The third-order valence-electron chi connectivity index (χ3n) is 5.01. The minimum atomic E-state index is -2.90. The Balaban J connectivity index is 2.11. The number of ether oxygens (including phenoxy) is 1. The van der Waals surface area contributed by atoms with Gasteiger partial charge in [0.15, 0.2) is 5.65 Å². The van der Waals surface area contributed by atoms with Gasteiger partial charge >= 0.3 is 6.61 Å². The van der Waals surface area contributed by atoms with E-state index in [2.05, 4.69) is 40.0 Å². The maximum atomic E-state index is 12.5. The third-order valence-corrected chi connectivity index (χ3v) is 5.33. The molecule has 3 aromatic rings. The van der Waals surface area contributed by atoms with Gasteiger partial charge in [-0.05, 0) is 31.0 Å². The minimum Gasteiger partial charge on any atom is -0.435 e. The van der Waals surface area contributed by atoms with Gasteiger partial charge in [-0.15, -0.1) is 0 Å². The molecule has 0 aliphatic rings. The van der Waals surface area contributed by atoms with Crippen LogP contribution in [0.25, 0.3) is 22.4 Å². The van der Waals surface area contributed by atoms with Crippen LogP contribution in [0.3, 0.4) is 0 Å². The second kappa shape index (κ2) is 9.48. The number of alkyl halides is 2. The Labute approximate surface area is 174 Å². The number of unbranched alkanes of at least 4 members (excludes halogenated alkanes) is 1. The average molecular weight is 423 g/mol. The molecule has 156 valence electrons. The summed E-state index contributed by atoms with van der Waals surface area (Å²) in [6.45, 7) is 3.52. The minimum absolute atomic E-state index is 0.00411. The Kier molecular flexibility index (Phi) is 7.00. The van der Waals surface area contributed by atoms with E-state index in [4.69, 9.17) is 16.6 Å². The Morgan fingerprint density at radius 3 is 2.59 bits per heavy atom. The van der Waals surface area contributed by atoms with Crippen LogP contribution in [0.1, 0.15) is 58.3 Å². The molecule has 0 saturated heterocycles. The molecule has 3 rings (SSSR count). The van der Waals surface area contributed by atoms with Gasteiger partial charge in [0.1, 0.15) is 29.1 Å². The normalized spacial score (nSPS) is 12.7. The van der Waals surface area contributed by atoms with Crippen LogP contribution in [-0.2, 0) is 6.42 Å². The van der Waals surface area contributed by atoms with E-state index < -0.39 is 6.61 Å². The van der Waals surface area contributed by atoms with E-state index in [1.165, 1.54) is 18.5 Å². The fourth-order valence-electron chi connectivity index (χ4n) is 3.60. The topological polar surface area (TPSA) is 52.8 Å². The first-order valence-electron chi connectivity index (χ1n) is 9.96. The monoisotopic (exact) mass is 422 g/mol. The van der Waals surface area contributed by atoms with E-state index in [9.17, 15) is 8.78 Å². The molecule has 0 fully saturated rings. The van der Waals surface area contributed by atoms with Crippen LogP contribution in [0.4, 0.5) is 8.78 Å². The van der Waals surface area contributed by atoms with Crippen LogP contribution >= 0.6 is 11.6 Å². The van der Waals surface area contributed by atoms with Crippen LogP contribution in [0.15, 0.2) is 24.5 Å². The van der Waals surface area contributed by atoms with Gasteiger partial charge in [-0.25, -0.2) is 15.0 Å². The summed E-state index contributed by atoms with van der Waals surface area (Å²) in [5, 5.41) is 0.272. The molecule has 1 atom stereocenters. The molecule has 1 unspecified atom stereocenters. The van der Waals surface area contributed by atoms with Crippen molar-refractivity contribution in [3.63, 3.8) is 0 Å². The molecule has 8 heteroatoms. The van der Waals surface area contributed by atoms with Crippen LogP contribution in [-0.4, -0.2) is 26.1 Å². The number of aryl methyl sites for hydroxylation is 1. The van der Waals surface area contributed by atoms with Crippen LogP contribution in [0.2, 0.25) is 5.02 Å². The average Bonchev–Trinajstić information content (AvgIpc) is 3.07. The lowest BCUT2D eigenvalue weighted by Crippen LogP contribution is -2.12. The van der Waals surface area contributed by atoms with Crippen LogP contribution in [0, 0.1) is 0 Å². The van der Waals surface area contributed by atoms with Crippen molar-refractivity contribution in [1.29, 1.82) is 0 Å². The highest BCUT2D eigenvalue weighted by Gasteiger charge is 2.22. The van der Waals surface area contributed by atoms with Gasteiger partial charge in [-0.1, -0.05) is 45.2 Å². The van der Waals surface area contributed by atoms with E-state index in [1.807, 2.05) is 0 Å². The zero-order valence-electron chi connectivity index (χ0n) is 16.8. The lowest BCUT2D eigenvalue weighted by Gasteiger charge is -2.19. The Morgan fingerprint density at radius 2 is 1.97 bits per heavy atom. The van der Waals surface area contributed by atoms with Crippen molar-refractivity contribution in [2.24, 2.45) is 0 Å². The molecule has 0 radical (unpaired) electrons. The number of fused-ring (bicyclic) bond motifs is 1. The van der Waals surface area contributed by atoms with Crippen molar-refractivity contribution in [3.05, 3.63) is 35.4 Å². The molecule has 0 saturated carbocycles. The molecule has 5 nitrogen and oxygen atoms in total. The van der Waals surface area contributed by atoms with Crippen molar-refractivity contribution in [3.8, 4) is 17.0 Å². The molecule has 29 heavy (non-hydrogen) atoms. The highest BCUT2D eigenvalue weighted by molar-refractivity contribution is 6.33.